The maximum Gasteiger partial charge on any atom is 0.124 e. The van der Waals surface area contributed by atoms with Crippen LogP contribution in [0.1, 0.15) is 17.9 Å². The molecule has 1 N–H and O–H groups in total. The van der Waals surface area contributed by atoms with E-state index in [0.29, 0.717) is 12.5 Å². The van der Waals surface area contributed by atoms with Crippen molar-refractivity contribution in [3.8, 4) is 0 Å². The van der Waals surface area contributed by atoms with Gasteiger partial charge in [0.05, 0.1) is 19.3 Å². The molecule has 2 aromatic rings. The lowest BCUT2D eigenvalue weighted by atomic mass is 10.1. The fraction of sp³-hybridized carbons (Fsp3) is 0.500. The zero-order valence-corrected chi connectivity index (χ0v) is 11.1. The van der Waals surface area contributed by atoms with Gasteiger partial charge < -0.3 is 14.5 Å². The minimum atomic E-state index is 0.575. The van der Waals surface area contributed by atoms with E-state index < -0.39 is 0 Å². The zero-order valence-electron chi connectivity index (χ0n) is 11.1. The Morgan fingerprint density at radius 2 is 2.37 bits per heavy atom. The predicted octanol–water partition coefficient (Wildman–Crippen LogP) is 2.43. The van der Waals surface area contributed by atoms with Crippen molar-refractivity contribution in [2.24, 2.45) is 5.92 Å². The van der Waals surface area contributed by atoms with Crippen LogP contribution in [0.2, 0.25) is 0 Å². The quantitative estimate of drug-likeness (QED) is 0.898. The summed E-state index contributed by atoms with van der Waals surface area (Å²) < 4.78 is 13.0. The van der Waals surface area contributed by atoms with Gasteiger partial charge in [0.1, 0.15) is 17.3 Å². The highest BCUT2D eigenvalue weighted by Crippen LogP contribution is 2.18. The Labute approximate surface area is 112 Å². The van der Waals surface area contributed by atoms with Gasteiger partial charge in [0, 0.05) is 25.1 Å². The number of hydrogen-bond donors (Lipinski definition) is 1. The minimum absolute atomic E-state index is 0.575. The van der Waals surface area contributed by atoms with Gasteiger partial charge in [-0.1, -0.05) is 0 Å². The number of furan rings is 1. The molecule has 19 heavy (non-hydrogen) atoms. The summed E-state index contributed by atoms with van der Waals surface area (Å²) in [6.07, 6.45) is 2.95. The topological polar surface area (TPSA) is 52.2 Å². The van der Waals surface area contributed by atoms with Gasteiger partial charge in [-0.2, -0.15) is 5.10 Å². The minimum Gasteiger partial charge on any atom is -0.465 e. The van der Waals surface area contributed by atoms with Crippen LogP contribution in [0.15, 0.2) is 28.8 Å². The molecule has 3 heterocycles. The molecule has 0 aliphatic carbocycles. The van der Waals surface area contributed by atoms with E-state index in [-0.39, 0.29) is 0 Å². The second kappa shape index (κ2) is 5.48. The molecule has 2 aromatic heterocycles. The zero-order chi connectivity index (χ0) is 13.1. The summed E-state index contributed by atoms with van der Waals surface area (Å²) in [7, 11) is 0. The van der Waals surface area contributed by atoms with E-state index in [4.69, 9.17) is 9.15 Å². The molecule has 0 amide bonds. The number of nitrogens with zero attached hydrogens (tertiary/aromatic N) is 2. The number of anilines is 1. The first kappa shape index (κ1) is 12.3. The molecule has 5 nitrogen and oxygen atoms in total. The summed E-state index contributed by atoms with van der Waals surface area (Å²) in [6, 6.07) is 5.96. The van der Waals surface area contributed by atoms with Crippen molar-refractivity contribution in [2.75, 3.05) is 18.5 Å². The molecule has 3 rings (SSSR count). The highest BCUT2D eigenvalue weighted by molar-refractivity contribution is 5.34. The molecule has 5 heteroatoms. The molecule has 1 atom stereocenters. The lowest BCUT2D eigenvalue weighted by Gasteiger charge is -2.12. The summed E-state index contributed by atoms with van der Waals surface area (Å²) in [5.41, 5.74) is 0. The summed E-state index contributed by atoms with van der Waals surface area (Å²) in [5.74, 6) is 3.48. The summed E-state index contributed by atoms with van der Waals surface area (Å²) in [6.45, 7) is 5.26. The average Bonchev–Trinajstić information content (AvgIpc) is 3.10. The van der Waals surface area contributed by atoms with Crippen LogP contribution in [0.25, 0.3) is 0 Å². The molecular weight excluding hydrogens is 242 g/mol. The first-order valence-corrected chi connectivity index (χ1v) is 6.70. The smallest absolute Gasteiger partial charge is 0.124 e. The van der Waals surface area contributed by atoms with Crippen LogP contribution in [-0.4, -0.2) is 23.0 Å². The second-order valence-corrected chi connectivity index (χ2v) is 4.99. The maximum atomic E-state index is 5.54. The van der Waals surface area contributed by atoms with Gasteiger partial charge in [0.2, 0.25) is 0 Å². The van der Waals surface area contributed by atoms with Crippen molar-refractivity contribution in [1.82, 2.24) is 9.78 Å². The van der Waals surface area contributed by atoms with E-state index in [1.165, 1.54) is 0 Å². The largest absolute Gasteiger partial charge is 0.465 e. The lowest BCUT2D eigenvalue weighted by molar-refractivity contribution is 0.181. The van der Waals surface area contributed by atoms with Gasteiger partial charge in [-0.3, -0.25) is 0 Å². The SMILES string of the molecule is Cc1ccc(CNc2ccnn2C[C@@H]2CCOC2)o1. The number of ether oxygens (including phenoxy) is 1. The molecule has 1 aliphatic rings. The molecular formula is C14H19N3O2. The monoisotopic (exact) mass is 261 g/mol. The van der Waals surface area contributed by atoms with Crippen molar-refractivity contribution >= 4 is 5.82 Å². The lowest BCUT2D eigenvalue weighted by Crippen LogP contribution is -2.14. The highest BCUT2D eigenvalue weighted by atomic mass is 16.5. The number of hydrogen-bond acceptors (Lipinski definition) is 4. The third kappa shape index (κ3) is 2.98. The van der Waals surface area contributed by atoms with Crippen LogP contribution in [0.4, 0.5) is 5.82 Å². The molecule has 102 valence electrons. The first-order valence-electron chi connectivity index (χ1n) is 6.70. The normalized spacial score (nSPS) is 18.9. The van der Waals surface area contributed by atoms with Crippen LogP contribution in [0.5, 0.6) is 0 Å². The Morgan fingerprint density at radius 3 is 3.11 bits per heavy atom. The highest BCUT2D eigenvalue weighted by Gasteiger charge is 2.17. The number of aryl methyl sites for hydroxylation is 1. The van der Waals surface area contributed by atoms with E-state index in [1.807, 2.05) is 36.0 Å². The molecule has 1 aliphatic heterocycles. The summed E-state index contributed by atoms with van der Waals surface area (Å²) in [5, 5.41) is 7.73. The summed E-state index contributed by atoms with van der Waals surface area (Å²) in [4.78, 5) is 0. The third-order valence-corrected chi connectivity index (χ3v) is 3.41. The second-order valence-electron chi connectivity index (χ2n) is 4.99. The Kier molecular flexibility index (Phi) is 3.55. The molecule has 0 unspecified atom stereocenters. The molecule has 0 spiro atoms. The van der Waals surface area contributed by atoms with Gasteiger partial charge >= 0.3 is 0 Å². The molecule has 0 radical (unpaired) electrons. The van der Waals surface area contributed by atoms with Gasteiger partial charge in [0.15, 0.2) is 0 Å². The fourth-order valence-corrected chi connectivity index (χ4v) is 2.36. The van der Waals surface area contributed by atoms with Gasteiger partial charge in [-0.25, -0.2) is 4.68 Å². The Morgan fingerprint density at radius 1 is 1.42 bits per heavy atom. The first-order chi connectivity index (χ1) is 9.31. The van der Waals surface area contributed by atoms with Crippen molar-refractivity contribution in [1.29, 1.82) is 0 Å². The Bertz CT molecular complexity index is 526. The van der Waals surface area contributed by atoms with Gasteiger partial charge in [0.25, 0.3) is 0 Å². The Hall–Kier alpha value is -1.75. The molecule has 1 fully saturated rings. The van der Waals surface area contributed by atoms with E-state index in [2.05, 4.69) is 10.4 Å². The predicted molar refractivity (Wildman–Crippen MR) is 71.9 cm³/mol. The standard InChI is InChI=1S/C14H19N3O2/c1-11-2-3-13(19-11)8-15-14-4-6-16-17(14)9-12-5-7-18-10-12/h2-4,6,12,15H,5,7-10H2,1H3/t12-/m0/s1. The van der Waals surface area contributed by atoms with Gasteiger partial charge in [-0.15, -0.1) is 0 Å². The Balaban J connectivity index is 1.59. The van der Waals surface area contributed by atoms with Crippen molar-refractivity contribution < 1.29 is 9.15 Å². The molecule has 1 saturated heterocycles. The average molecular weight is 261 g/mol. The van der Waals surface area contributed by atoms with Crippen LogP contribution < -0.4 is 5.32 Å². The van der Waals surface area contributed by atoms with Crippen molar-refractivity contribution in [3.05, 3.63) is 35.9 Å². The van der Waals surface area contributed by atoms with Crippen LogP contribution >= 0.6 is 0 Å². The van der Waals surface area contributed by atoms with E-state index in [0.717, 1.165) is 43.5 Å². The maximum absolute atomic E-state index is 5.54. The molecule has 0 bridgehead atoms. The molecule has 0 aromatic carbocycles. The number of aromatic nitrogens is 2. The van der Waals surface area contributed by atoms with Crippen molar-refractivity contribution in [2.45, 2.75) is 26.4 Å². The van der Waals surface area contributed by atoms with Gasteiger partial charge in [-0.05, 0) is 25.5 Å². The fourth-order valence-electron chi connectivity index (χ4n) is 2.36. The van der Waals surface area contributed by atoms with Crippen molar-refractivity contribution in [3.63, 3.8) is 0 Å². The number of rotatable bonds is 5. The van der Waals surface area contributed by atoms with E-state index in [9.17, 15) is 0 Å². The van der Waals surface area contributed by atoms with Crippen LogP contribution in [0.3, 0.4) is 0 Å². The summed E-state index contributed by atoms with van der Waals surface area (Å²) >= 11 is 0. The number of nitrogens with one attached hydrogen (secondary N) is 1. The van der Waals surface area contributed by atoms with E-state index >= 15 is 0 Å². The molecule has 0 saturated carbocycles. The van der Waals surface area contributed by atoms with Crippen LogP contribution in [0, 0.1) is 12.8 Å². The van der Waals surface area contributed by atoms with E-state index in [1.54, 1.807) is 0 Å². The van der Waals surface area contributed by atoms with Crippen LogP contribution in [-0.2, 0) is 17.8 Å². The third-order valence-electron chi connectivity index (χ3n) is 3.41.